The van der Waals surface area contributed by atoms with Gasteiger partial charge in [0.2, 0.25) is 0 Å². The van der Waals surface area contributed by atoms with E-state index in [1.165, 1.54) is 11.8 Å². The summed E-state index contributed by atoms with van der Waals surface area (Å²) in [6.45, 7) is 0.495. The van der Waals surface area contributed by atoms with Gasteiger partial charge >= 0.3 is 5.69 Å². The van der Waals surface area contributed by atoms with Crippen LogP contribution in [0.5, 0.6) is 17.2 Å². The highest BCUT2D eigenvalue weighted by atomic mass is 16.7. The highest BCUT2D eigenvalue weighted by Crippen LogP contribution is 2.38. The van der Waals surface area contributed by atoms with Crippen molar-refractivity contribution in [2.45, 2.75) is 12.6 Å². The molecule has 0 fully saturated rings. The molecule has 1 aliphatic rings. The molecule has 5 N–H and O–H groups in total. The number of methoxy groups -OCH3 is 2. The van der Waals surface area contributed by atoms with Gasteiger partial charge in [0, 0.05) is 16.8 Å². The molecule has 5 rings (SSSR count). The maximum atomic E-state index is 13.0. The van der Waals surface area contributed by atoms with Crippen LogP contribution in [0.2, 0.25) is 0 Å². The second-order valence-corrected chi connectivity index (χ2v) is 8.29. The number of aromatic amines is 1. The van der Waals surface area contributed by atoms with Crippen LogP contribution >= 0.6 is 0 Å². The van der Waals surface area contributed by atoms with Gasteiger partial charge in [-0.2, -0.15) is 4.68 Å². The molecule has 0 radical (unpaired) electrons. The first-order chi connectivity index (χ1) is 18.0. The predicted octanol–water partition coefficient (Wildman–Crippen LogP) is 2.93. The maximum Gasteiger partial charge on any atom is 0.348 e. The number of nitrogen functional groups attached to an aromatic ring is 1. The number of nitrogens with one attached hydrogen (secondary N) is 3. The van der Waals surface area contributed by atoms with E-state index in [1.807, 2.05) is 18.2 Å². The molecule has 1 aromatic heterocycles. The zero-order valence-electron chi connectivity index (χ0n) is 20.3. The Hall–Kier alpha value is -4.77. The van der Waals surface area contributed by atoms with Gasteiger partial charge in [-0.05, 0) is 54.1 Å². The van der Waals surface area contributed by atoms with E-state index in [1.54, 1.807) is 49.6 Å². The largest absolute Gasteiger partial charge is 0.494 e. The van der Waals surface area contributed by atoms with Gasteiger partial charge in [-0.15, -0.1) is 5.10 Å². The van der Waals surface area contributed by atoms with E-state index in [-0.39, 0.29) is 12.6 Å². The molecule has 190 valence electrons. The van der Waals surface area contributed by atoms with E-state index in [2.05, 4.69) is 15.4 Å². The number of para-hydroxylation sites is 2. The minimum atomic E-state index is -0.590. The summed E-state index contributed by atoms with van der Waals surface area (Å²) in [6, 6.07) is 17.4. The van der Waals surface area contributed by atoms with Crippen LogP contribution in [0.1, 0.15) is 28.6 Å². The van der Waals surface area contributed by atoms with E-state index in [0.29, 0.717) is 40.9 Å². The molecule has 37 heavy (non-hydrogen) atoms. The lowest BCUT2D eigenvalue weighted by Crippen LogP contribution is -2.18. The van der Waals surface area contributed by atoms with Crippen LogP contribution in [0.3, 0.4) is 0 Å². The standard InChI is InChI=1S/C26H26N6O5/c1-34-20-6-4-3-5-19(20)32-26(33)30-25(31-32)22(29-18-9-7-15(8-10-18)24(27)28)16-11-17-13-36-14-37-23(17)21(12-16)35-2/h3-12,22,29H,13-14H2,1-2H3,(H3,27,28)(H,30,31,33). The van der Waals surface area contributed by atoms with Gasteiger partial charge in [0.15, 0.2) is 24.1 Å². The third-order valence-electron chi connectivity index (χ3n) is 5.98. The van der Waals surface area contributed by atoms with Crippen molar-refractivity contribution in [3.8, 4) is 22.9 Å². The van der Waals surface area contributed by atoms with Gasteiger partial charge < -0.3 is 30.0 Å². The summed E-state index contributed by atoms with van der Waals surface area (Å²) in [6.07, 6.45) is 0. The molecule has 0 amide bonds. The average molecular weight is 503 g/mol. The van der Waals surface area contributed by atoms with Crippen LogP contribution < -0.4 is 31.0 Å². The molecule has 11 heteroatoms. The van der Waals surface area contributed by atoms with Crippen molar-refractivity contribution in [1.29, 1.82) is 5.41 Å². The molecule has 11 nitrogen and oxygen atoms in total. The first-order valence-corrected chi connectivity index (χ1v) is 11.4. The number of fused-ring (bicyclic) bond motifs is 1. The second kappa shape index (κ2) is 10.1. The minimum Gasteiger partial charge on any atom is -0.494 e. The lowest BCUT2D eigenvalue weighted by Gasteiger charge is -2.24. The van der Waals surface area contributed by atoms with Crippen molar-refractivity contribution in [1.82, 2.24) is 14.8 Å². The summed E-state index contributed by atoms with van der Waals surface area (Å²) < 4.78 is 23.4. The van der Waals surface area contributed by atoms with E-state index in [0.717, 1.165) is 16.8 Å². The van der Waals surface area contributed by atoms with Gasteiger partial charge in [-0.1, -0.05) is 12.1 Å². The molecule has 0 bridgehead atoms. The lowest BCUT2D eigenvalue weighted by atomic mass is 10.0. The number of anilines is 1. The normalized spacial score (nSPS) is 13.2. The average Bonchev–Trinajstić information content (AvgIpc) is 3.32. The first-order valence-electron chi connectivity index (χ1n) is 11.4. The molecule has 0 spiro atoms. The fourth-order valence-corrected chi connectivity index (χ4v) is 4.19. The van der Waals surface area contributed by atoms with Gasteiger partial charge in [0.05, 0.1) is 20.8 Å². The van der Waals surface area contributed by atoms with Crippen LogP contribution in [0.15, 0.2) is 65.5 Å². The Labute approximate surface area is 212 Å². The van der Waals surface area contributed by atoms with Gasteiger partial charge in [0.25, 0.3) is 0 Å². The van der Waals surface area contributed by atoms with E-state index in [9.17, 15) is 4.79 Å². The molecule has 0 saturated carbocycles. The third-order valence-corrected chi connectivity index (χ3v) is 5.98. The Balaban J connectivity index is 1.62. The van der Waals surface area contributed by atoms with Crippen LogP contribution in [-0.4, -0.2) is 41.6 Å². The van der Waals surface area contributed by atoms with Gasteiger partial charge in [0.1, 0.15) is 23.3 Å². The molecule has 3 aromatic carbocycles. The smallest absolute Gasteiger partial charge is 0.348 e. The fraction of sp³-hybridized carbons (Fsp3) is 0.192. The number of benzene rings is 3. The van der Waals surface area contributed by atoms with Crippen molar-refractivity contribution in [3.63, 3.8) is 0 Å². The van der Waals surface area contributed by atoms with Crippen molar-refractivity contribution in [2.24, 2.45) is 5.73 Å². The molecule has 1 aliphatic heterocycles. The summed E-state index contributed by atoms with van der Waals surface area (Å²) in [5, 5.41) is 15.7. The molecule has 1 atom stereocenters. The zero-order chi connectivity index (χ0) is 25.9. The molecular weight excluding hydrogens is 476 g/mol. The molecule has 0 saturated heterocycles. The monoisotopic (exact) mass is 502 g/mol. The van der Waals surface area contributed by atoms with Gasteiger partial charge in [-0.3, -0.25) is 10.4 Å². The fourth-order valence-electron chi connectivity index (χ4n) is 4.19. The number of aromatic nitrogens is 3. The quantitative estimate of drug-likeness (QED) is 0.212. The number of hydrogen-bond acceptors (Lipinski definition) is 8. The summed E-state index contributed by atoms with van der Waals surface area (Å²) >= 11 is 0. The Morgan fingerprint density at radius 1 is 1.14 bits per heavy atom. The number of nitrogens with two attached hydrogens (primary N) is 1. The predicted molar refractivity (Wildman–Crippen MR) is 137 cm³/mol. The third kappa shape index (κ3) is 4.71. The number of nitrogens with zero attached hydrogens (tertiary/aromatic N) is 2. The lowest BCUT2D eigenvalue weighted by molar-refractivity contribution is -0.0180. The van der Waals surface area contributed by atoms with Crippen LogP contribution in [0.4, 0.5) is 5.69 Å². The minimum absolute atomic E-state index is 0.0256. The zero-order valence-corrected chi connectivity index (χ0v) is 20.3. The van der Waals surface area contributed by atoms with Crippen molar-refractivity contribution < 1.29 is 18.9 Å². The molecule has 2 heterocycles. The van der Waals surface area contributed by atoms with Crippen molar-refractivity contribution in [3.05, 3.63) is 93.7 Å². The van der Waals surface area contributed by atoms with E-state index in [4.69, 9.17) is 30.1 Å². The van der Waals surface area contributed by atoms with Gasteiger partial charge in [-0.25, -0.2) is 4.79 Å². The molecule has 0 aliphatic carbocycles. The summed E-state index contributed by atoms with van der Waals surface area (Å²) in [4.78, 5) is 15.9. The number of H-pyrrole nitrogens is 1. The van der Waals surface area contributed by atoms with E-state index < -0.39 is 11.7 Å². The van der Waals surface area contributed by atoms with E-state index >= 15 is 0 Å². The molecular formula is C26H26N6O5. The number of rotatable bonds is 8. The number of amidine groups is 1. The highest BCUT2D eigenvalue weighted by molar-refractivity contribution is 5.95. The highest BCUT2D eigenvalue weighted by Gasteiger charge is 2.25. The first kappa shape index (κ1) is 23.9. The Kier molecular flexibility index (Phi) is 6.52. The number of hydrogen-bond donors (Lipinski definition) is 4. The molecule has 1 unspecified atom stereocenters. The van der Waals surface area contributed by atoms with Crippen LogP contribution in [0.25, 0.3) is 5.69 Å². The number of ether oxygens (including phenoxy) is 4. The van der Waals surface area contributed by atoms with Crippen LogP contribution in [-0.2, 0) is 11.3 Å². The van der Waals surface area contributed by atoms with Crippen molar-refractivity contribution >= 4 is 11.5 Å². The Bertz CT molecular complexity index is 1480. The summed E-state index contributed by atoms with van der Waals surface area (Å²) in [7, 11) is 3.11. The topological polar surface area (TPSA) is 150 Å². The van der Waals surface area contributed by atoms with Crippen LogP contribution in [0, 0.1) is 5.41 Å². The second-order valence-electron chi connectivity index (χ2n) is 8.29. The Morgan fingerprint density at radius 2 is 1.89 bits per heavy atom. The summed E-state index contributed by atoms with van der Waals surface area (Å²) in [5.74, 6) is 2.02. The Morgan fingerprint density at radius 3 is 2.62 bits per heavy atom. The maximum absolute atomic E-state index is 13.0. The summed E-state index contributed by atoms with van der Waals surface area (Å²) in [5.41, 5.74) is 8.59. The van der Waals surface area contributed by atoms with Crippen molar-refractivity contribution in [2.75, 3.05) is 26.3 Å². The molecule has 4 aromatic rings. The SMILES string of the molecule is COc1ccccc1-n1nc(C(Nc2ccc(C(=N)N)cc2)c2cc3c(c(OC)c2)OCOC3)[nH]c1=O.